The highest BCUT2D eigenvalue weighted by molar-refractivity contribution is 7.80. The maximum atomic E-state index is 5.30. The van der Waals surface area contributed by atoms with Crippen molar-refractivity contribution in [3.63, 3.8) is 0 Å². The molecule has 0 bridgehead atoms. The molecule has 1 aromatic rings. The molecule has 1 N–H and O–H groups in total. The van der Waals surface area contributed by atoms with E-state index in [1.165, 1.54) is 0 Å². The van der Waals surface area contributed by atoms with Crippen LogP contribution in [0.25, 0.3) is 0 Å². The van der Waals surface area contributed by atoms with E-state index in [2.05, 4.69) is 17.3 Å². The fraction of sp³-hybridized carbons (Fsp3) is 0.667. The topological polar surface area (TPSA) is 42.3 Å². The van der Waals surface area contributed by atoms with E-state index in [0.717, 1.165) is 43.5 Å². The van der Waals surface area contributed by atoms with E-state index in [4.69, 9.17) is 17.0 Å². The maximum absolute atomic E-state index is 5.30. The first kappa shape index (κ1) is 14.9. The van der Waals surface area contributed by atoms with E-state index < -0.39 is 0 Å². The third-order valence-corrected chi connectivity index (χ3v) is 3.02. The lowest BCUT2D eigenvalue weighted by Crippen LogP contribution is -2.37. The summed E-state index contributed by atoms with van der Waals surface area (Å²) in [5, 5.41) is 8.38. The number of thiocarbonyl (C=S) groups is 1. The van der Waals surface area contributed by atoms with E-state index in [0.29, 0.717) is 0 Å². The van der Waals surface area contributed by atoms with Gasteiger partial charge in [-0.15, -0.1) is 0 Å². The summed E-state index contributed by atoms with van der Waals surface area (Å²) in [6, 6.07) is 2.02. The number of aromatic nitrogens is 2. The van der Waals surface area contributed by atoms with E-state index in [-0.39, 0.29) is 0 Å². The normalized spacial score (nSPS) is 10.4. The highest BCUT2D eigenvalue weighted by Crippen LogP contribution is 2.00. The van der Waals surface area contributed by atoms with Gasteiger partial charge in [0, 0.05) is 40.1 Å². The van der Waals surface area contributed by atoms with Gasteiger partial charge in [-0.3, -0.25) is 4.68 Å². The van der Waals surface area contributed by atoms with Crippen molar-refractivity contribution in [1.29, 1.82) is 0 Å². The molecular formula is C12H22N4OS. The lowest BCUT2D eigenvalue weighted by Gasteiger charge is -2.19. The Balaban J connectivity index is 2.30. The quantitative estimate of drug-likeness (QED) is 0.596. The van der Waals surface area contributed by atoms with Crippen molar-refractivity contribution in [3.05, 3.63) is 18.0 Å². The van der Waals surface area contributed by atoms with Crippen LogP contribution in [0.4, 0.5) is 0 Å². The summed E-state index contributed by atoms with van der Waals surface area (Å²) >= 11 is 5.30. The van der Waals surface area contributed by atoms with E-state index in [9.17, 15) is 0 Å². The predicted octanol–water partition coefficient (Wildman–Crippen LogP) is 1.25. The zero-order valence-corrected chi connectivity index (χ0v) is 12.2. The summed E-state index contributed by atoms with van der Waals surface area (Å²) in [5.41, 5.74) is 1.03. The average Bonchev–Trinajstić information content (AvgIpc) is 2.82. The van der Waals surface area contributed by atoms with Gasteiger partial charge in [-0.25, -0.2) is 0 Å². The monoisotopic (exact) mass is 270 g/mol. The Morgan fingerprint density at radius 2 is 2.39 bits per heavy atom. The molecule has 0 spiro atoms. The number of nitrogens with zero attached hydrogens (tertiary/aromatic N) is 3. The Morgan fingerprint density at radius 1 is 1.61 bits per heavy atom. The number of rotatable bonds is 7. The second-order valence-electron chi connectivity index (χ2n) is 4.10. The van der Waals surface area contributed by atoms with Crippen LogP contribution in [-0.4, -0.2) is 47.1 Å². The lowest BCUT2D eigenvalue weighted by atomic mass is 10.4. The van der Waals surface area contributed by atoms with Crippen LogP contribution in [0.15, 0.2) is 12.3 Å². The Hall–Kier alpha value is -1.14. The van der Waals surface area contributed by atoms with Crippen LogP contribution in [-0.2, 0) is 17.8 Å². The molecule has 0 saturated heterocycles. The SMILES string of the molecule is CCn1ccc(CN(C)C(=S)NCCCOC)n1. The predicted molar refractivity (Wildman–Crippen MR) is 76.5 cm³/mol. The maximum Gasteiger partial charge on any atom is 0.169 e. The van der Waals surface area contributed by atoms with E-state index in [1.807, 2.05) is 28.9 Å². The molecule has 0 radical (unpaired) electrons. The summed E-state index contributed by atoms with van der Waals surface area (Å²) in [4.78, 5) is 1.99. The number of hydrogen-bond acceptors (Lipinski definition) is 3. The van der Waals surface area contributed by atoms with Gasteiger partial charge in [0.2, 0.25) is 0 Å². The Morgan fingerprint density at radius 3 is 3.00 bits per heavy atom. The Bertz CT molecular complexity index is 367. The van der Waals surface area contributed by atoms with Gasteiger partial charge >= 0.3 is 0 Å². The highest BCUT2D eigenvalue weighted by Gasteiger charge is 2.06. The largest absolute Gasteiger partial charge is 0.385 e. The third-order valence-electron chi connectivity index (χ3n) is 2.57. The van der Waals surface area contributed by atoms with Gasteiger partial charge < -0.3 is 15.0 Å². The summed E-state index contributed by atoms with van der Waals surface area (Å²) < 4.78 is 6.90. The molecule has 18 heavy (non-hydrogen) atoms. The molecule has 0 amide bonds. The van der Waals surface area contributed by atoms with Gasteiger partial charge in [-0.05, 0) is 31.6 Å². The molecule has 0 aliphatic rings. The molecule has 6 heteroatoms. The van der Waals surface area contributed by atoms with Crippen molar-refractivity contribution < 1.29 is 4.74 Å². The zero-order chi connectivity index (χ0) is 13.4. The lowest BCUT2D eigenvalue weighted by molar-refractivity contribution is 0.195. The van der Waals surface area contributed by atoms with Crippen LogP contribution in [0.5, 0.6) is 0 Å². The molecule has 1 heterocycles. The minimum atomic E-state index is 0.725. The zero-order valence-electron chi connectivity index (χ0n) is 11.3. The second-order valence-corrected chi connectivity index (χ2v) is 4.48. The molecule has 0 aromatic carbocycles. The van der Waals surface area contributed by atoms with Gasteiger partial charge in [0.25, 0.3) is 0 Å². The standard InChI is InChI=1S/C12H22N4OS/c1-4-16-8-6-11(14-16)10-15(2)12(18)13-7-5-9-17-3/h6,8H,4-5,7,9-10H2,1-3H3,(H,13,18). The van der Waals surface area contributed by atoms with Crippen molar-refractivity contribution in [3.8, 4) is 0 Å². The number of nitrogens with one attached hydrogen (secondary N) is 1. The van der Waals surface area contributed by atoms with Crippen molar-refractivity contribution in [2.75, 3.05) is 27.3 Å². The van der Waals surface area contributed by atoms with Crippen LogP contribution >= 0.6 is 12.2 Å². The minimum absolute atomic E-state index is 0.725. The van der Waals surface area contributed by atoms with E-state index in [1.54, 1.807) is 7.11 Å². The van der Waals surface area contributed by atoms with Gasteiger partial charge in [0.05, 0.1) is 12.2 Å². The molecule has 0 aliphatic heterocycles. The van der Waals surface area contributed by atoms with Gasteiger partial charge in [-0.1, -0.05) is 0 Å². The Kier molecular flexibility index (Phi) is 6.67. The number of hydrogen-bond donors (Lipinski definition) is 1. The van der Waals surface area contributed by atoms with E-state index >= 15 is 0 Å². The highest BCUT2D eigenvalue weighted by atomic mass is 32.1. The van der Waals surface area contributed by atoms with Gasteiger partial charge in [0.15, 0.2) is 5.11 Å². The first-order valence-corrected chi connectivity index (χ1v) is 6.58. The molecule has 5 nitrogen and oxygen atoms in total. The van der Waals surface area contributed by atoms with Crippen LogP contribution in [0.3, 0.4) is 0 Å². The molecular weight excluding hydrogens is 248 g/mol. The number of aryl methyl sites for hydroxylation is 1. The fourth-order valence-electron chi connectivity index (χ4n) is 1.53. The van der Waals surface area contributed by atoms with Crippen LogP contribution in [0, 0.1) is 0 Å². The molecule has 0 unspecified atom stereocenters. The molecule has 1 rings (SSSR count). The first-order valence-electron chi connectivity index (χ1n) is 6.17. The fourth-order valence-corrected chi connectivity index (χ4v) is 1.69. The number of ether oxygens (including phenoxy) is 1. The second kappa shape index (κ2) is 8.05. The van der Waals surface area contributed by atoms with Gasteiger partial charge in [-0.2, -0.15) is 5.10 Å². The van der Waals surface area contributed by atoms with Crippen molar-refractivity contribution in [1.82, 2.24) is 20.0 Å². The Labute approximate surface area is 114 Å². The minimum Gasteiger partial charge on any atom is -0.385 e. The van der Waals surface area contributed by atoms with Crippen molar-refractivity contribution in [2.24, 2.45) is 0 Å². The molecule has 0 aliphatic carbocycles. The smallest absolute Gasteiger partial charge is 0.169 e. The third kappa shape index (κ3) is 5.01. The molecule has 0 saturated carbocycles. The summed E-state index contributed by atoms with van der Waals surface area (Å²) in [5.74, 6) is 0. The summed E-state index contributed by atoms with van der Waals surface area (Å²) in [6.07, 6.45) is 2.94. The van der Waals surface area contributed by atoms with Gasteiger partial charge in [0.1, 0.15) is 0 Å². The van der Waals surface area contributed by atoms with Crippen LogP contribution < -0.4 is 5.32 Å². The average molecular weight is 270 g/mol. The summed E-state index contributed by atoms with van der Waals surface area (Å²) in [7, 11) is 3.67. The van der Waals surface area contributed by atoms with Crippen LogP contribution in [0.1, 0.15) is 19.0 Å². The molecule has 0 atom stereocenters. The van der Waals surface area contributed by atoms with Crippen molar-refractivity contribution in [2.45, 2.75) is 26.4 Å². The first-order chi connectivity index (χ1) is 8.67. The molecule has 0 fully saturated rings. The molecule has 1 aromatic heterocycles. The summed E-state index contributed by atoms with van der Waals surface area (Å²) in [6.45, 7) is 5.27. The number of methoxy groups -OCH3 is 1. The molecule has 102 valence electrons. The van der Waals surface area contributed by atoms with Crippen molar-refractivity contribution >= 4 is 17.3 Å². The van der Waals surface area contributed by atoms with Crippen LogP contribution in [0.2, 0.25) is 0 Å².